The van der Waals surface area contributed by atoms with E-state index in [0.29, 0.717) is 27.5 Å². The molecule has 0 fully saturated rings. The van der Waals surface area contributed by atoms with Gasteiger partial charge in [0, 0.05) is 39.2 Å². The zero-order valence-corrected chi connectivity index (χ0v) is 18.9. The van der Waals surface area contributed by atoms with E-state index in [0.717, 1.165) is 40.3 Å². The summed E-state index contributed by atoms with van der Waals surface area (Å²) in [6, 6.07) is 12.2. The van der Waals surface area contributed by atoms with E-state index < -0.39 is 17.5 Å². The van der Waals surface area contributed by atoms with Crippen LogP contribution in [0.25, 0.3) is 27.7 Å². The first-order chi connectivity index (χ1) is 15.8. The predicted octanol–water partition coefficient (Wildman–Crippen LogP) is 7.39. The number of halogens is 3. The number of allylic oxidation sites excluding steroid dienone is 1. The molecule has 4 nitrogen and oxygen atoms in total. The van der Waals surface area contributed by atoms with E-state index in [1.54, 1.807) is 25.3 Å². The van der Waals surface area contributed by atoms with Crippen LogP contribution >= 0.6 is 11.6 Å². The van der Waals surface area contributed by atoms with Crippen molar-refractivity contribution in [3.05, 3.63) is 88.7 Å². The highest BCUT2D eigenvalue weighted by Crippen LogP contribution is 2.40. The van der Waals surface area contributed by atoms with Crippen LogP contribution in [0.4, 0.5) is 14.5 Å². The minimum absolute atomic E-state index is 0.234. The van der Waals surface area contributed by atoms with Gasteiger partial charge >= 0.3 is 0 Å². The first-order valence-corrected chi connectivity index (χ1v) is 10.5. The zero-order chi connectivity index (χ0) is 23.7. The summed E-state index contributed by atoms with van der Waals surface area (Å²) in [7, 11) is 1.54. The molecular formula is C26H20ClF2NO3. The van der Waals surface area contributed by atoms with Crippen LogP contribution in [0.5, 0.6) is 5.75 Å². The zero-order valence-electron chi connectivity index (χ0n) is 18.1. The molecule has 4 aromatic rings. The average molecular weight is 468 g/mol. The fourth-order valence-corrected chi connectivity index (χ4v) is 3.89. The summed E-state index contributed by atoms with van der Waals surface area (Å²) >= 11 is 6.02. The molecule has 33 heavy (non-hydrogen) atoms. The van der Waals surface area contributed by atoms with E-state index in [1.807, 2.05) is 25.1 Å². The number of aryl methyl sites for hydroxylation is 1. The molecule has 1 amide bonds. The second-order valence-corrected chi connectivity index (χ2v) is 7.99. The summed E-state index contributed by atoms with van der Waals surface area (Å²) in [6.07, 6.45) is 2.98. The maximum absolute atomic E-state index is 13.9. The van der Waals surface area contributed by atoms with Gasteiger partial charge in [-0.3, -0.25) is 4.79 Å². The van der Waals surface area contributed by atoms with Crippen LogP contribution < -0.4 is 10.1 Å². The van der Waals surface area contributed by atoms with Crippen LogP contribution in [0.15, 0.2) is 65.3 Å². The fraction of sp³-hybridized carbons (Fsp3) is 0.115. The maximum atomic E-state index is 13.9. The summed E-state index contributed by atoms with van der Waals surface area (Å²) < 4.78 is 38.8. The van der Waals surface area contributed by atoms with E-state index in [-0.39, 0.29) is 5.69 Å². The van der Waals surface area contributed by atoms with E-state index in [2.05, 4.69) is 5.32 Å². The highest BCUT2D eigenvalue weighted by Gasteiger charge is 2.19. The number of benzene rings is 3. The molecule has 3 aromatic carbocycles. The van der Waals surface area contributed by atoms with Crippen molar-refractivity contribution in [1.82, 2.24) is 0 Å². The maximum Gasteiger partial charge on any atom is 0.248 e. The number of hydrogen-bond acceptors (Lipinski definition) is 3. The molecule has 1 N–H and O–H groups in total. The molecule has 0 spiro atoms. The molecule has 0 aliphatic carbocycles. The van der Waals surface area contributed by atoms with Gasteiger partial charge in [-0.05, 0) is 55.3 Å². The van der Waals surface area contributed by atoms with Gasteiger partial charge in [-0.1, -0.05) is 23.7 Å². The molecule has 1 aromatic heterocycles. The average Bonchev–Trinajstić information content (AvgIpc) is 3.21. The smallest absolute Gasteiger partial charge is 0.248 e. The lowest BCUT2D eigenvalue weighted by molar-refractivity contribution is -0.111. The number of fused-ring (bicyclic) bond motifs is 1. The normalized spacial score (nSPS) is 11.6. The van der Waals surface area contributed by atoms with Gasteiger partial charge in [-0.2, -0.15) is 0 Å². The number of carbonyl (C=O) groups excluding carboxylic acids is 1. The van der Waals surface area contributed by atoms with Crippen molar-refractivity contribution in [3.8, 4) is 16.9 Å². The Kier molecular flexibility index (Phi) is 6.20. The van der Waals surface area contributed by atoms with Gasteiger partial charge in [0.25, 0.3) is 0 Å². The van der Waals surface area contributed by atoms with Crippen molar-refractivity contribution in [2.24, 2.45) is 0 Å². The molecule has 0 saturated heterocycles. The summed E-state index contributed by atoms with van der Waals surface area (Å²) in [5, 5.41) is 3.85. The van der Waals surface area contributed by atoms with Crippen molar-refractivity contribution >= 4 is 39.7 Å². The Balaban J connectivity index is 1.76. The van der Waals surface area contributed by atoms with E-state index in [9.17, 15) is 13.6 Å². The van der Waals surface area contributed by atoms with Crippen molar-refractivity contribution in [2.45, 2.75) is 13.8 Å². The Morgan fingerprint density at radius 3 is 2.55 bits per heavy atom. The fourth-order valence-electron chi connectivity index (χ4n) is 3.76. The number of ether oxygens (including phenoxy) is 1. The molecular weight excluding hydrogens is 448 g/mol. The molecule has 1 heterocycles. The van der Waals surface area contributed by atoms with Gasteiger partial charge < -0.3 is 14.5 Å². The van der Waals surface area contributed by atoms with E-state index in [4.69, 9.17) is 20.8 Å². The minimum Gasteiger partial charge on any atom is -0.496 e. The Morgan fingerprint density at radius 2 is 1.85 bits per heavy atom. The second-order valence-electron chi connectivity index (χ2n) is 7.56. The summed E-state index contributed by atoms with van der Waals surface area (Å²) in [5.74, 6) is -1.42. The van der Waals surface area contributed by atoms with Crippen LogP contribution in [0.1, 0.15) is 18.1 Å². The second kappa shape index (κ2) is 9.08. The number of rotatable bonds is 5. The lowest BCUT2D eigenvalue weighted by Gasteiger charge is -2.13. The SMILES string of the molecule is COc1c(/C(C)=C/C(=O)Nc2cc(F)ccc2F)cc2c(-c3ccc(Cl)cc3)coc2c1C. The lowest BCUT2D eigenvalue weighted by Crippen LogP contribution is -2.10. The molecule has 168 valence electrons. The molecule has 0 radical (unpaired) electrons. The quantitative estimate of drug-likeness (QED) is 0.311. The minimum atomic E-state index is -0.725. The number of anilines is 1. The topological polar surface area (TPSA) is 51.5 Å². The lowest BCUT2D eigenvalue weighted by atomic mass is 9.96. The van der Waals surface area contributed by atoms with Crippen LogP contribution in [0.3, 0.4) is 0 Å². The molecule has 7 heteroatoms. The number of hydrogen-bond donors (Lipinski definition) is 1. The summed E-state index contributed by atoms with van der Waals surface area (Å²) in [6.45, 7) is 3.61. The monoisotopic (exact) mass is 467 g/mol. The Hall–Kier alpha value is -3.64. The van der Waals surface area contributed by atoms with Gasteiger partial charge in [0.15, 0.2) is 0 Å². The Labute approximate surface area is 194 Å². The van der Waals surface area contributed by atoms with Gasteiger partial charge in [0.2, 0.25) is 5.91 Å². The third-order valence-corrected chi connectivity index (χ3v) is 5.61. The van der Waals surface area contributed by atoms with Crippen molar-refractivity contribution in [2.75, 3.05) is 12.4 Å². The third kappa shape index (κ3) is 4.47. The number of nitrogens with one attached hydrogen (secondary N) is 1. The highest BCUT2D eigenvalue weighted by molar-refractivity contribution is 6.30. The van der Waals surface area contributed by atoms with E-state index >= 15 is 0 Å². The molecule has 0 aliphatic rings. The first kappa shape index (κ1) is 22.6. The van der Waals surface area contributed by atoms with Crippen molar-refractivity contribution < 1.29 is 22.7 Å². The van der Waals surface area contributed by atoms with Gasteiger partial charge in [-0.25, -0.2) is 8.78 Å². The molecule has 0 unspecified atom stereocenters. The number of methoxy groups -OCH3 is 1. The van der Waals surface area contributed by atoms with Gasteiger partial charge in [0.05, 0.1) is 19.1 Å². The molecule has 0 aliphatic heterocycles. The van der Waals surface area contributed by atoms with Crippen molar-refractivity contribution in [3.63, 3.8) is 0 Å². The number of furan rings is 1. The molecule has 0 atom stereocenters. The van der Waals surface area contributed by atoms with Crippen LogP contribution in [-0.4, -0.2) is 13.0 Å². The van der Waals surface area contributed by atoms with Crippen LogP contribution in [0.2, 0.25) is 5.02 Å². The standard InChI is InChI=1S/C26H20ClF2NO3/c1-14(10-24(31)30-23-11-18(28)8-9-22(23)29)19-12-20-21(16-4-6-17(27)7-5-16)13-33-26(20)15(2)25(19)32-3/h4-13H,1-3H3,(H,30,31)/b14-10+. The Bertz CT molecular complexity index is 1390. The predicted molar refractivity (Wildman–Crippen MR) is 127 cm³/mol. The number of amides is 1. The highest BCUT2D eigenvalue weighted by atomic mass is 35.5. The molecule has 0 bridgehead atoms. The third-order valence-electron chi connectivity index (χ3n) is 5.36. The Morgan fingerprint density at radius 1 is 1.12 bits per heavy atom. The largest absolute Gasteiger partial charge is 0.496 e. The van der Waals surface area contributed by atoms with Crippen molar-refractivity contribution in [1.29, 1.82) is 0 Å². The molecule has 4 rings (SSSR count). The van der Waals surface area contributed by atoms with E-state index in [1.165, 1.54) is 13.2 Å². The summed E-state index contributed by atoms with van der Waals surface area (Å²) in [4.78, 5) is 12.5. The van der Waals surface area contributed by atoms with Gasteiger partial charge in [-0.15, -0.1) is 0 Å². The molecule has 0 saturated carbocycles. The number of carbonyl (C=O) groups is 1. The van der Waals surface area contributed by atoms with Crippen LogP contribution in [0, 0.1) is 18.6 Å². The first-order valence-electron chi connectivity index (χ1n) is 10.1. The van der Waals surface area contributed by atoms with Crippen LogP contribution in [-0.2, 0) is 4.79 Å². The summed E-state index contributed by atoms with van der Waals surface area (Å²) in [5.41, 5.74) is 4.25. The van der Waals surface area contributed by atoms with Gasteiger partial charge in [0.1, 0.15) is 23.0 Å².